The minimum atomic E-state index is -0.0121. The Balaban J connectivity index is 2.08. The van der Waals surface area contributed by atoms with Crippen molar-refractivity contribution in [2.75, 3.05) is 20.1 Å². The minimum absolute atomic E-state index is 0.00133. The smallest absolute Gasteiger partial charge is 0.255 e. The van der Waals surface area contributed by atoms with Gasteiger partial charge in [-0.15, -0.1) is 0 Å². The van der Waals surface area contributed by atoms with Gasteiger partial charge in [-0.2, -0.15) is 0 Å². The molecule has 0 aliphatic heterocycles. The molecule has 0 fully saturated rings. The third-order valence-electron chi connectivity index (χ3n) is 3.91. The fourth-order valence-electron chi connectivity index (χ4n) is 2.65. The number of fused-ring (bicyclic) bond motifs is 1. The third kappa shape index (κ3) is 4.42. The lowest BCUT2D eigenvalue weighted by Crippen LogP contribution is -2.36. The lowest BCUT2D eigenvalue weighted by atomic mass is 10.1. The summed E-state index contributed by atoms with van der Waals surface area (Å²) >= 11 is 0. The van der Waals surface area contributed by atoms with Gasteiger partial charge < -0.3 is 9.88 Å². The maximum atomic E-state index is 12.5. The van der Waals surface area contributed by atoms with Crippen LogP contribution in [0.3, 0.4) is 0 Å². The number of likely N-dealkylation sites (N-methyl/N-ethyl adjacent to an activating group) is 1. The van der Waals surface area contributed by atoms with Crippen LogP contribution in [-0.4, -0.2) is 35.5 Å². The molecule has 23 heavy (non-hydrogen) atoms. The number of carbonyl (C=O) groups is 1. The molecular weight excluding hydrogens is 290 g/mol. The number of aromatic nitrogens is 1. The Morgan fingerprint density at radius 2 is 2.04 bits per heavy atom. The van der Waals surface area contributed by atoms with E-state index >= 15 is 0 Å². The molecule has 1 aromatic heterocycles. The van der Waals surface area contributed by atoms with Gasteiger partial charge in [-0.25, -0.2) is 0 Å². The number of unbranched alkanes of at least 4 members (excludes halogenated alkanes) is 1. The highest BCUT2D eigenvalue weighted by atomic mass is 16.2. The highest BCUT2D eigenvalue weighted by molar-refractivity contribution is 5.79. The van der Waals surface area contributed by atoms with Gasteiger partial charge in [0, 0.05) is 25.7 Å². The summed E-state index contributed by atoms with van der Waals surface area (Å²) < 4.78 is 1.67. The van der Waals surface area contributed by atoms with Crippen molar-refractivity contribution in [3.05, 3.63) is 46.2 Å². The first-order chi connectivity index (χ1) is 11.0. The van der Waals surface area contributed by atoms with Gasteiger partial charge in [0.15, 0.2) is 0 Å². The number of aryl methyl sites for hydroxylation is 1. The zero-order valence-electron chi connectivity index (χ0n) is 14.1. The second kappa shape index (κ2) is 7.92. The summed E-state index contributed by atoms with van der Waals surface area (Å²) in [6.45, 7) is 3.55. The average Bonchev–Trinajstić information content (AvgIpc) is 2.52. The topological polar surface area (TPSA) is 54.3 Å². The summed E-state index contributed by atoms with van der Waals surface area (Å²) in [7, 11) is 3.64. The molecule has 1 N–H and O–H groups in total. The Hall–Kier alpha value is -2.14. The van der Waals surface area contributed by atoms with E-state index in [9.17, 15) is 9.59 Å². The maximum absolute atomic E-state index is 12.5. The molecule has 0 aliphatic rings. The molecule has 2 aromatic rings. The SMILES string of the molecule is CCCCNC(=O)CN(C)Cc1cc2ccccc2n(C)c1=O. The second-order valence-electron chi connectivity index (χ2n) is 5.97. The van der Waals surface area contributed by atoms with E-state index in [0.29, 0.717) is 25.2 Å². The minimum Gasteiger partial charge on any atom is -0.355 e. The van der Waals surface area contributed by atoms with Crippen LogP contribution in [0.2, 0.25) is 0 Å². The molecule has 0 unspecified atom stereocenters. The van der Waals surface area contributed by atoms with Crippen LogP contribution >= 0.6 is 0 Å². The average molecular weight is 315 g/mol. The lowest BCUT2D eigenvalue weighted by molar-refractivity contribution is -0.122. The van der Waals surface area contributed by atoms with Gasteiger partial charge >= 0.3 is 0 Å². The molecule has 0 saturated carbocycles. The van der Waals surface area contributed by atoms with Gasteiger partial charge in [0.1, 0.15) is 0 Å². The highest BCUT2D eigenvalue weighted by Gasteiger charge is 2.11. The van der Waals surface area contributed by atoms with Gasteiger partial charge in [0.2, 0.25) is 5.91 Å². The van der Waals surface area contributed by atoms with E-state index in [4.69, 9.17) is 0 Å². The standard InChI is InChI=1S/C18H25N3O2/c1-4-5-10-19-17(22)13-20(2)12-15-11-14-8-6-7-9-16(14)21(3)18(15)23/h6-9,11H,4-5,10,12-13H2,1-3H3,(H,19,22). The number of nitrogens with one attached hydrogen (secondary N) is 1. The predicted molar refractivity (Wildman–Crippen MR) is 93.4 cm³/mol. The number of pyridine rings is 1. The van der Waals surface area contributed by atoms with Crippen LogP contribution in [0.4, 0.5) is 0 Å². The van der Waals surface area contributed by atoms with Gasteiger partial charge in [-0.05, 0) is 31.0 Å². The number of hydrogen-bond acceptors (Lipinski definition) is 3. The molecule has 124 valence electrons. The van der Waals surface area contributed by atoms with Crippen LogP contribution in [0.1, 0.15) is 25.3 Å². The summed E-state index contributed by atoms with van der Waals surface area (Å²) in [5.74, 6) is -0.00133. The van der Waals surface area contributed by atoms with Crippen LogP contribution < -0.4 is 10.9 Å². The van der Waals surface area contributed by atoms with Crippen molar-refractivity contribution in [2.24, 2.45) is 7.05 Å². The normalized spacial score (nSPS) is 11.1. The molecule has 1 amide bonds. The monoisotopic (exact) mass is 315 g/mol. The molecule has 0 saturated heterocycles. The van der Waals surface area contributed by atoms with Crippen LogP contribution in [0.15, 0.2) is 35.1 Å². The van der Waals surface area contributed by atoms with E-state index in [1.54, 1.807) is 11.6 Å². The summed E-state index contributed by atoms with van der Waals surface area (Å²) in [5.41, 5.74) is 1.61. The first-order valence-electron chi connectivity index (χ1n) is 8.05. The molecular formula is C18H25N3O2. The predicted octanol–water partition coefficient (Wildman–Crippen LogP) is 1.89. The first kappa shape index (κ1) is 17.2. The molecule has 0 bridgehead atoms. The van der Waals surface area contributed by atoms with Gasteiger partial charge in [-0.3, -0.25) is 14.5 Å². The number of carbonyl (C=O) groups excluding carboxylic acids is 1. The largest absolute Gasteiger partial charge is 0.355 e. The molecule has 0 aliphatic carbocycles. The van der Waals surface area contributed by atoms with Crippen LogP contribution in [0.25, 0.3) is 10.9 Å². The number of hydrogen-bond donors (Lipinski definition) is 1. The van der Waals surface area contributed by atoms with Crippen molar-refractivity contribution in [2.45, 2.75) is 26.3 Å². The summed E-state index contributed by atoms with van der Waals surface area (Å²) in [5, 5.41) is 3.92. The van der Waals surface area contributed by atoms with E-state index in [1.165, 1.54) is 0 Å². The molecule has 0 atom stereocenters. The number of amides is 1. The Labute approximate surface area is 136 Å². The fraction of sp³-hybridized carbons (Fsp3) is 0.444. The molecule has 5 nitrogen and oxygen atoms in total. The second-order valence-corrected chi connectivity index (χ2v) is 5.97. The number of rotatable bonds is 7. The van der Waals surface area contributed by atoms with E-state index in [2.05, 4.69) is 12.2 Å². The molecule has 2 rings (SSSR count). The van der Waals surface area contributed by atoms with E-state index in [1.807, 2.05) is 42.3 Å². The van der Waals surface area contributed by atoms with Gasteiger partial charge in [-0.1, -0.05) is 31.5 Å². The molecule has 0 radical (unpaired) electrons. The van der Waals surface area contributed by atoms with Crippen LogP contribution in [0.5, 0.6) is 0 Å². The van der Waals surface area contributed by atoms with E-state index in [-0.39, 0.29) is 11.5 Å². The lowest BCUT2D eigenvalue weighted by Gasteiger charge is -2.17. The Morgan fingerprint density at radius 3 is 2.78 bits per heavy atom. The molecule has 1 aromatic carbocycles. The molecule has 1 heterocycles. The fourth-order valence-corrected chi connectivity index (χ4v) is 2.65. The van der Waals surface area contributed by atoms with Gasteiger partial charge in [0.25, 0.3) is 5.56 Å². The summed E-state index contributed by atoms with van der Waals surface area (Å²) in [6.07, 6.45) is 2.05. The number of para-hydroxylation sites is 1. The molecule has 0 spiro atoms. The van der Waals surface area contributed by atoms with Crippen LogP contribution in [-0.2, 0) is 18.4 Å². The van der Waals surface area contributed by atoms with Crippen molar-refractivity contribution in [3.8, 4) is 0 Å². The highest BCUT2D eigenvalue weighted by Crippen LogP contribution is 2.13. The van der Waals surface area contributed by atoms with Crippen molar-refractivity contribution < 1.29 is 4.79 Å². The summed E-state index contributed by atoms with van der Waals surface area (Å²) in [6, 6.07) is 9.74. The Kier molecular flexibility index (Phi) is 5.93. The first-order valence-corrected chi connectivity index (χ1v) is 8.05. The van der Waals surface area contributed by atoms with E-state index in [0.717, 1.165) is 23.7 Å². The number of benzene rings is 1. The number of nitrogens with zero attached hydrogens (tertiary/aromatic N) is 2. The third-order valence-corrected chi connectivity index (χ3v) is 3.91. The van der Waals surface area contributed by atoms with Crippen LogP contribution in [0, 0.1) is 0 Å². The Morgan fingerprint density at radius 1 is 1.30 bits per heavy atom. The Bertz CT molecular complexity index is 737. The zero-order valence-corrected chi connectivity index (χ0v) is 14.1. The van der Waals surface area contributed by atoms with Crippen molar-refractivity contribution >= 4 is 16.8 Å². The molecule has 5 heteroatoms. The van der Waals surface area contributed by atoms with Crippen molar-refractivity contribution in [1.82, 2.24) is 14.8 Å². The zero-order chi connectivity index (χ0) is 16.8. The maximum Gasteiger partial charge on any atom is 0.255 e. The van der Waals surface area contributed by atoms with Crippen molar-refractivity contribution in [3.63, 3.8) is 0 Å². The van der Waals surface area contributed by atoms with Gasteiger partial charge in [0.05, 0.1) is 12.1 Å². The quantitative estimate of drug-likeness (QED) is 0.794. The van der Waals surface area contributed by atoms with Crippen molar-refractivity contribution in [1.29, 1.82) is 0 Å². The van der Waals surface area contributed by atoms with E-state index < -0.39 is 0 Å². The summed E-state index contributed by atoms with van der Waals surface area (Å²) in [4.78, 5) is 26.2.